The SMILES string of the molecule is Nc1ccc(C=CC(=O)NCc2cc3cc(-c4ncc(C(O)N5CCC(F)(F)CC5)cc4F)cc(-c4ccc(F)cc4)c3o2)cn1. The van der Waals surface area contributed by atoms with Crippen LogP contribution in [0.5, 0.6) is 0 Å². The lowest BCUT2D eigenvalue weighted by molar-refractivity contribution is -0.116. The summed E-state index contributed by atoms with van der Waals surface area (Å²) < 4.78 is 62.6. The number of fused-ring (bicyclic) bond motifs is 1. The molecule has 1 atom stereocenters. The highest BCUT2D eigenvalue weighted by atomic mass is 19.3. The van der Waals surface area contributed by atoms with Crippen molar-refractivity contribution in [3.63, 3.8) is 0 Å². The second-order valence-electron chi connectivity index (χ2n) is 11.1. The molecule has 6 rings (SSSR count). The number of halogens is 4. The average Bonchev–Trinajstić information content (AvgIpc) is 3.46. The van der Waals surface area contributed by atoms with Crippen molar-refractivity contribution < 1.29 is 31.9 Å². The number of rotatable bonds is 8. The first-order chi connectivity index (χ1) is 22.0. The Morgan fingerprint density at radius 1 is 1.02 bits per heavy atom. The molecule has 1 saturated heterocycles. The Labute approximate surface area is 261 Å². The van der Waals surface area contributed by atoms with Crippen LogP contribution < -0.4 is 11.1 Å². The fourth-order valence-electron chi connectivity index (χ4n) is 5.31. The van der Waals surface area contributed by atoms with Crippen molar-refractivity contribution in [2.75, 3.05) is 18.8 Å². The molecule has 12 heteroatoms. The van der Waals surface area contributed by atoms with Crippen LogP contribution in [0.25, 0.3) is 39.4 Å². The average molecular weight is 632 g/mol. The molecule has 1 amide bonds. The molecule has 4 N–H and O–H groups in total. The van der Waals surface area contributed by atoms with Crippen LogP contribution in [0.15, 0.2) is 83.6 Å². The van der Waals surface area contributed by atoms with Crippen LogP contribution in [-0.4, -0.2) is 44.9 Å². The number of nitrogens with zero attached hydrogens (tertiary/aromatic N) is 3. The van der Waals surface area contributed by atoms with Gasteiger partial charge in [-0.15, -0.1) is 0 Å². The summed E-state index contributed by atoms with van der Waals surface area (Å²) in [5.41, 5.74) is 8.40. The Balaban J connectivity index is 1.27. The van der Waals surface area contributed by atoms with E-state index in [1.165, 1.54) is 29.3 Å². The molecule has 0 spiro atoms. The Kier molecular flexibility index (Phi) is 8.57. The number of anilines is 1. The number of aromatic nitrogens is 2. The van der Waals surface area contributed by atoms with Gasteiger partial charge in [-0.3, -0.25) is 14.7 Å². The number of alkyl halides is 2. The third-order valence-corrected chi connectivity index (χ3v) is 7.81. The Morgan fingerprint density at radius 2 is 1.78 bits per heavy atom. The van der Waals surface area contributed by atoms with Gasteiger partial charge in [-0.25, -0.2) is 22.5 Å². The molecule has 0 radical (unpaired) electrons. The molecule has 0 saturated carbocycles. The van der Waals surface area contributed by atoms with Gasteiger partial charge in [0.05, 0.1) is 6.54 Å². The summed E-state index contributed by atoms with van der Waals surface area (Å²) in [4.78, 5) is 22.2. The van der Waals surface area contributed by atoms with Crippen LogP contribution in [0.1, 0.15) is 36.0 Å². The summed E-state index contributed by atoms with van der Waals surface area (Å²) in [6.45, 7) is -0.0125. The number of hydrogen-bond acceptors (Lipinski definition) is 7. The normalized spacial score (nSPS) is 15.8. The van der Waals surface area contributed by atoms with Gasteiger partial charge < -0.3 is 20.6 Å². The maximum atomic E-state index is 15.6. The number of carbonyl (C=O) groups is 1. The molecule has 236 valence electrons. The predicted octanol–water partition coefficient (Wildman–Crippen LogP) is 6.47. The van der Waals surface area contributed by atoms with Gasteiger partial charge in [0.1, 0.15) is 40.7 Å². The smallest absolute Gasteiger partial charge is 0.250 e. The summed E-state index contributed by atoms with van der Waals surface area (Å²) in [7, 11) is 0. The number of piperidine rings is 1. The van der Waals surface area contributed by atoms with Gasteiger partial charge >= 0.3 is 0 Å². The molecule has 1 unspecified atom stereocenters. The molecule has 1 fully saturated rings. The zero-order valence-corrected chi connectivity index (χ0v) is 24.4. The number of hydrogen-bond donors (Lipinski definition) is 3. The number of furan rings is 1. The minimum atomic E-state index is -2.78. The Bertz CT molecular complexity index is 1900. The minimum Gasteiger partial charge on any atom is -0.459 e. The number of nitrogens with one attached hydrogen (secondary N) is 1. The van der Waals surface area contributed by atoms with Crippen LogP contribution >= 0.6 is 0 Å². The number of nitrogen functional groups attached to an aromatic ring is 1. The number of aliphatic hydroxyl groups is 1. The van der Waals surface area contributed by atoms with E-state index in [-0.39, 0.29) is 36.8 Å². The van der Waals surface area contributed by atoms with E-state index >= 15 is 4.39 Å². The summed E-state index contributed by atoms with van der Waals surface area (Å²) >= 11 is 0. The topological polar surface area (TPSA) is 118 Å². The van der Waals surface area contributed by atoms with Crippen LogP contribution in [0.2, 0.25) is 0 Å². The molecule has 1 aliphatic heterocycles. The number of nitrogens with two attached hydrogens (primary N) is 1. The second-order valence-corrected chi connectivity index (χ2v) is 11.1. The highest BCUT2D eigenvalue weighted by Gasteiger charge is 2.36. The number of likely N-dealkylation sites (tertiary alicyclic amines) is 1. The van der Waals surface area contributed by atoms with E-state index in [1.807, 2.05) is 0 Å². The van der Waals surface area contributed by atoms with Crippen LogP contribution in [0.3, 0.4) is 0 Å². The first-order valence-corrected chi connectivity index (χ1v) is 14.5. The van der Waals surface area contributed by atoms with Gasteiger partial charge in [0.2, 0.25) is 5.91 Å². The lowest BCUT2D eigenvalue weighted by Crippen LogP contribution is -2.41. The molecule has 1 aliphatic rings. The monoisotopic (exact) mass is 631 g/mol. The zero-order valence-electron chi connectivity index (χ0n) is 24.4. The first-order valence-electron chi connectivity index (χ1n) is 14.5. The van der Waals surface area contributed by atoms with Crippen LogP contribution in [0, 0.1) is 11.6 Å². The fraction of sp³-hybridized carbons (Fsp3) is 0.206. The van der Waals surface area contributed by atoms with E-state index in [1.54, 1.807) is 54.7 Å². The number of pyridine rings is 2. The maximum absolute atomic E-state index is 15.6. The quantitative estimate of drug-likeness (QED) is 0.133. The minimum absolute atomic E-state index is 0.00950. The largest absolute Gasteiger partial charge is 0.459 e. The van der Waals surface area contributed by atoms with Crippen molar-refractivity contribution in [2.24, 2.45) is 0 Å². The fourth-order valence-corrected chi connectivity index (χ4v) is 5.31. The van der Waals surface area contributed by atoms with Gasteiger partial charge in [-0.05, 0) is 65.7 Å². The van der Waals surface area contributed by atoms with Crippen molar-refractivity contribution in [1.29, 1.82) is 0 Å². The van der Waals surface area contributed by atoms with E-state index in [2.05, 4.69) is 15.3 Å². The van der Waals surface area contributed by atoms with Crippen molar-refractivity contribution in [2.45, 2.75) is 31.5 Å². The molecule has 4 heterocycles. The number of aliphatic hydroxyl groups excluding tert-OH is 1. The Morgan fingerprint density at radius 3 is 2.48 bits per heavy atom. The van der Waals surface area contributed by atoms with E-state index in [9.17, 15) is 23.1 Å². The zero-order chi connectivity index (χ0) is 32.4. The van der Waals surface area contributed by atoms with E-state index in [0.717, 1.165) is 6.07 Å². The van der Waals surface area contributed by atoms with E-state index < -0.39 is 36.6 Å². The third kappa shape index (κ3) is 6.93. The standard InChI is InChI=1S/C34H29F4N5O3/c35-25-5-3-21(4-6-25)27-15-22(31-28(36)16-24(18-42-31)33(45)43-11-9-34(37,38)10-12-43)13-23-14-26(46-32(23)27)19-41-30(44)8-2-20-1-7-29(39)40-17-20/h1-8,13-18,33,45H,9-12,19H2,(H2,39,40)(H,41,44). The molecular weight excluding hydrogens is 602 g/mol. The lowest BCUT2D eigenvalue weighted by Gasteiger charge is -2.34. The maximum Gasteiger partial charge on any atom is 0.250 e. The molecular formula is C34H29F4N5O3. The molecule has 0 aliphatic carbocycles. The molecule has 3 aromatic heterocycles. The van der Waals surface area contributed by atoms with Gasteiger partial charge in [0, 0.05) is 66.5 Å². The van der Waals surface area contributed by atoms with Gasteiger partial charge in [-0.2, -0.15) is 0 Å². The molecule has 46 heavy (non-hydrogen) atoms. The summed E-state index contributed by atoms with van der Waals surface area (Å²) in [6, 6.07) is 15.3. The van der Waals surface area contributed by atoms with Crippen molar-refractivity contribution in [1.82, 2.24) is 20.2 Å². The Hall–Kier alpha value is -5.07. The molecule has 8 nitrogen and oxygen atoms in total. The number of carbonyl (C=O) groups excluding carboxylic acids is 1. The third-order valence-electron chi connectivity index (χ3n) is 7.81. The first kappa shape index (κ1) is 30.9. The highest BCUT2D eigenvalue weighted by molar-refractivity contribution is 5.97. The van der Waals surface area contributed by atoms with Gasteiger partial charge in [-0.1, -0.05) is 12.1 Å². The highest BCUT2D eigenvalue weighted by Crippen LogP contribution is 2.37. The number of amides is 1. The molecule has 0 bridgehead atoms. The lowest BCUT2D eigenvalue weighted by atomic mass is 9.98. The van der Waals surface area contributed by atoms with Crippen molar-refractivity contribution >= 4 is 28.8 Å². The predicted molar refractivity (Wildman–Crippen MR) is 165 cm³/mol. The second kappa shape index (κ2) is 12.7. The van der Waals surface area contributed by atoms with Crippen molar-refractivity contribution in [3.05, 3.63) is 108 Å². The summed E-state index contributed by atoms with van der Waals surface area (Å²) in [6.07, 6.45) is 3.75. The molecule has 2 aromatic carbocycles. The van der Waals surface area contributed by atoms with Crippen LogP contribution in [-0.2, 0) is 11.3 Å². The van der Waals surface area contributed by atoms with E-state index in [0.29, 0.717) is 44.8 Å². The van der Waals surface area contributed by atoms with Gasteiger partial charge in [0.25, 0.3) is 5.92 Å². The van der Waals surface area contributed by atoms with Crippen molar-refractivity contribution in [3.8, 4) is 22.4 Å². The van der Waals surface area contributed by atoms with Gasteiger partial charge in [0.15, 0.2) is 0 Å². The number of benzene rings is 2. The molecule has 5 aromatic rings. The summed E-state index contributed by atoms with van der Waals surface area (Å²) in [5, 5.41) is 14.1. The summed E-state index contributed by atoms with van der Waals surface area (Å²) in [5.74, 6) is -3.51. The van der Waals surface area contributed by atoms with Crippen LogP contribution in [0.4, 0.5) is 23.4 Å². The van der Waals surface area contributed by atoms with E-state index in [4.69, 9.17) is 10.2 Å².